The fourth-order valence-corrected chi connectivity index (χ4v) is 14.5. The van der Waals surface area contributed by atoms with E-state index < -0.39 is 97.5 Å². The summed E-state index contributed by atoms with van der Waals surface area (Å²) in [5, 5.41) is 10.7. The van der Waals surface area contributed by atoms with Crippen molar-refractivity contribution in [2.24, 2.45) is 5.92 Å². The van der Waals surface area contributed by atoms with Crippen LogP contribution in [0.1, 0.15) is 446 Å². The molecule has 0 fully saturated rings. The van der Waals surface area contributed by atoms with E-state index in [9.17, 15) is 43.2 Å². The van der Waals surface area contributed by atoms with Gasteiger partial charge in [0.05, 0.1) is 26.4 Å². The number of esters is 4. The van der Waals surface area contributed by atoms with Crippen molar-refractivity contribution in [1.82, 2.24) is 0 Å². The summed E-state index contributed by atoms with van der Waals surface area (Å²) < 4.78 is 68.8. The maximum absolute atomic E-state index is 13.1. The Balaban J connectivity index is 5.24. The van der Waals surface area contributed by atoms with Crippen LogP contribution in [0.25, 0.3) is 0 Å². The van der Waals surface area contributed by atoms with Gasteiger partial charge in [-0.1, -0.05) is 394 Å². The van der Waals surface area contributed by atoms with Crippen LogP contribution in [0.4, 0.5) is 0 Å². The monoisotopic (exact) mass is 1490 g/mol. The minimum atomic E-state index is -4.96. The fourth-order valence-electron chi connectivity index (χ4n) is 12.9. The molecule has 606 valence electrons. The predicted molar refractivity (Wildman–Crippen MR) is 418 cm³/mol. The largest absolute Gasteiger partial charge is 0.472 e. The summed E-state index contributed by atoms with van der Waals surface area (Å²) in [4.78, 5) is 73.1. The first-order valence-electron chi connectivity index (χ1n) is 43.1. The smallest absolute Gasteiger partial charge is 0.462 e. The van der Waals surface area contributed by atoms with E-state index in [1.54, 1.807) is 0 Å². The molecule has 0 saturated carbocycles. The quantitative estimate of drug-likeness (QED) is 0.0222. The molecule has 0 aromatic carbocycles. The Hall–Kier alpha value is -1.94. The molecule has 102 heavy (non-hydrogen) atoms. The summed E-state index contributed by atoms with van der Waals surface area (Å²) in [7, 11) is -9.92. The van der Waals surface area contributed by atoms with Crippen molar-refractivity contribution in [2.75, 3.05) is 39.6 Å². The van der Waals surface area contributed by atoms with Crippen molar-refractivity contribution in [1.29, 1.82) is 0 Å². The van der Waals surface area contributed by atoms with Gasteiger partial charge in [-0.15, -0.1) is 0 Å². The lowest BCUT2D eigenvalue weighted by atomic mass is 10.0. The maximum atomic E-state index is 13.1. The van der Waals surface area contributed by atoms with Gasteiger partial charge in [0.1, 0.15) is 19.3 Å². The Labute approximate surface area is 626 Å². The van der Waals surface area contributed by atoms with Crippen LogP contribution in [0, 0.1) is 5.92 Å². The highest BCUT2D eigenvalue weighted by Crippen LogP contribution is 2.45. The zero-order valence-corrected chi connectivity index (χ0v) is 68.5. The second-order valence-corrected chi connectivity index (χ2v) is 33.3. The van der Waals surface area contributed by atoms with Gasteiger partial charge in [0.25, 0.3) is 0 Å². The number of carbonyl (C=O) groups is 4. The number of unbranched alkanes of at least 4 members (excludes halogenated alkanes) is 55. The van der Waals surface area contributed by atoms with Gasteiger partial charge in [0.15, 0.2) is 12.2 Å². The number of phosphoric ester groups is 2. The van der Waals surface area contributed by atoms with Crippen LogP contribution in [0.15, 0.2) is 0 Å². The zero-order valence-electron chi connectivity index (χ0n) is 66.8. The van der Waals surface area contributed by atoms with E-state index >= 15 is 0 Å². The third-order valence-corrected chi connectivity index (χ3v) is 21.4. The van der Waals surface area contributed by atoms with Gasteiger partial charge < -0.3 is 33.8 Å². The van der Waals surface area contributed by atoms with Gasteiger partial charge in [0.2, 0.25) is 0 Å². The van der Waals surface area contributed by atoms with Gasteiger partial charge >= 0.3 is 39.5 Å². The average molecular weight is 1490 g/mol. The first kappa shape index (κ1) is 100. The normalized spacial score (nSPS) is 13.8. The first-order chi connectivity index (χ1) is 49.5. The molecule has 17 nitrogen and oxygen atoms in total. The lowest BCUT2D eigenvalue weighted by Gasteiger charge is -2.21. The summed E-state index contributed by atoms with van der Waals surface area (Å²) >= 11 is 0. The van der Waals surface area contributed by atoms with E-state index in [1.165, 1.54) is 270 Å². The number of carbonyl (C=O) groups excluding carboxylic acids is 4. The maximum Gasteiger partial charge on any atom is 0.472 e. The summed E-state index contributed by atoms with van der Waals surface area (Å²) in [6.45, 7) is 7.35. The van der Waals surface area contributed by atoms with Crippen molar-refractivity contribution in [3.63, 3.8) is 0 Å². The molecule has 2 unspecified atom stereocenters. The Morgan fingerprint density at radius 2 is 0.451 bits per heavy atom. The van der Waals surface area contributed by atoms with Crippen molar-refractivity contribution < 1.29 is 80.2 Å². The Bertz CT molecular complexity index is 1940. The first-order valence-corrected chi connectivity index (χ1v) is 46.1. The van der Waals surface area contributed by atoms with E-state index in [4.69, 9.17) is 37.0 Å². The molecule has 19 heteroatoms. The molecule has 0 aliphatic rings. The van der Waals surface area contributed by atoms with E-state index in [2.05, 4.69) is 34.6 Å². The molecule has 0 saturated heterocycles. The standard InChI is InChI=1S/C83H162O17P2/c1-6-9-12-15-18-21-24-26-28-30-31-32-33-35-37-43-48-53-58-63-68-82(87)99-79(73-94-81(86)67-62-57-52-47-42-36-34-29-27-25-22-19-16-13-10-7-2)75-98-102(91,92)96-71-77(84)70-95-101(89,90)97-74-78(72-93-80(85)66-61-56-51-46-40-23-20-17-14-11-8-3)100-83(88)69-64-59-54-49-44-39-38-41-45-50-55-60-65-76(4)5/h76-79,84H,6-75H2,1-5H3,(H,89,90)(H,91,92)/t77-,78+,79+/m0/s1. The van der Waals surface area contributed by atoms with Crippen molar-refractivity contribution in [3.05, 3.63) is 0 Å². The predicted octanol–water partition coefficient (Wildman–Crippen LogP) is 25.2. The number of rotatable bonds is 83. The third kappa shape index (κ3) is 76.3. The number of ether oxygens (including phenoxy) is 4. The van der Waals surface area contributed by atoms with Crippen LogP contribution >= 0.6 is 15.6 Å². The van der Waals surface area contributed by atoms with Crippen molar-refractivity contribution >= 4 is 39.5 Å². The molecule has 0 amide bonds. The molecule has 0 rings (SSSR count). The van der Waals surface area contributed by atoms with E-state index in [1.807, 2.05) is 0 Å². The highest BCUT2D eigenvalue weighted by molar-refractivity contribution is 7.47. The average Bonchev–Trinajstić information content (AvgIpc) is 0.971. The van der Waals surface area contributed by atoms with Crippen LogP contribution in [-0.4, -0.2) is 96.7 Å². The summed E-state index contributed by atoms with van der Waals surface area (Å²) in [6, 6.07) is 0. The Morgan fingerprint density at radius 3 is 0.667 bits per heavy atom. The fraction of sp³-hybridized carbons (Fsp3) is 0.952. The summed E-state index contributed by atoms with van der Waals surface area (Å²) in [6.07, 6.45) is 67.9. The highest BCUT2D eigenvalue weighted by Gasteiger charge is 2.30. The van der Waals surface area contributed by atoms with E-state index in [-0.39, 0.29) is 25.7 Å². The molecule has 0 bridgehead atoms. The zero-order chi connectivity index (χ0) is 74.8. The topological polar surface area (TPSA) is 237 Å². The van der Waals surface area contributed by atoms with Crippen molar-refractivity contribution in [2.45, 2.75) is 464 Å². The van der Waals surface area contributed by atoms with Crippen LogP contribution in [-0.2, 0) is 65.4 Å². The van der Waals surface area contributed by atoms with Crippen LogP contribution in [0.2, 0.25) is 0 Å². The number of hydrogen-bond acceptors (Lipinski definition) is 15. The SMILES string of the molecule is CCCCCCCCCCCCCCCCCCCCCCC(=O)O[C@H](COC(=O)CCCCCCCCCCCCCCCCCC)COP(=O)(O)OC[C@@H](O)COP(=O)(O)OC[C@@H](COC(=O)CCCCCCCCCCCCC)OC(=O)CCCCCCCCCCCCCCC(C)C. The third-order valence-electron chi connectivity index (χ3n) is 19.5. The second kappa shape index (κ2) is 75.9. The minimum absolute atomic E-state index is 0.108. The van der Waals surface area contributed by atoms with Crippen molar-refractivity contribution in [3.8, 4) is 0 Å². The summed E-state index contributed by atoms with van der Waals surface area (Å²) in [5.74, 6) is -1.33. The Morgan fingerprint density at radius 1 is 0.265 bits per heavy atom. The van der Waals surface area contributed by atoms with Crippen LogP contribution in [0.5, 0.6) is 0 Å². The molecule has 0 aliphatic heterocycles. The van der Waals surface area contributed by atoms with Gasteiger partial charge in [-0.2, -0.15) is 0 Å². The lowest BCUT2D eigenvalue weighted by Crippen LogP contribution is -2.30. The number of aliphatic hydroxyl groups excluding tert-OH is 1. The van der Waals surface area contributed by atoms with Gasteiger partial charge in [0, 0.05) is 25.7 Å². The molecule has 0 aromatic heterocycles. The second-order valence-electron chi connectivity index (χ2n) is 30.3. The van der Waals surface area contributed by atoms with Crippen LogP contribution in [0.3, 0.4) is 0 Å². The summed E-state index contributed by atoms with van der Waals surface area (Å²) in [5.41, 5.74) is 0. The molecular weight excluding hydrogens is 1330 g/mol. The number of phosphoric acid groups is 2. The molecule has 0 spiro atoms. The minimum Gasteiger partial charge on any atom is -0.462 e. The molecule has 0 aliphatic carbocycles. The highest BCUT2D eigenvalue weighted by atomic mass is 31.2. The number of aliphatic hydroxyl groups is 1. The molecule has 5 atom stereocenters. The lowest BCUT2D eigenvalue weighted by molar-refractivity contribution is -0.161. The van der Waals surface area contributed by atoms with Gasteiger partial charge in [-0.05, 0) is 31.6 Å². The molecular formula is C83H162O17P2. The van der Waals surface area contributed by atoms with E-state index in [0.717, 1.165) is 95.8 Å². The van der Waals surface area contributed by atoms with Crippen LogP contribution < -0.4 is 0 Å². The number of hydrogen-bond donors (Lipinski definition) is 3. The molecule has 0 aromatic rings. The van der Waals surface area contributed by atoms with Gasteiger partial charge in [-0.25, -0.2) is 9.13 Å². The Kier molecular flexibility index (Phi) is 74.4. The molecule has 3 N–H and O–H groups in total. The molecule has 0 heterocycles. The molecule has 0 radical (unpaired) electrons. The van der Waals surface area contributed by atoms with Gasteiger partial charge in [-0.3, -0.25) is 37.3 Å². The van der Waals surface area contributed by atoms with E-state index in [0.29, 0.717) is 25.7 Å².